The van der Waals surface area contributed by atoms with Crippen molar-refractivity contribution in [3.8, 4) is 0 Å². The van der Waals surface area contributed by atoms with Gasteiger partial charge in [0.05, 0.1) is 17.2 Å². The second-order valence-electron chi connectivity index (χ2n) is 9.63. The lowest BCUT2D eigenvalue weighted by Gasteiger charge is -2.34. The molecule has 2 heterocycles. The summed E-state index contributed by atoms with van der Waals surface area (Å²) in [7, 11) is 0. The van der Waals surface area contributed by atoms with Gasteiger partial charge in [-0.05, 0) is 51.7 Å². The molecule has 1 aromatic heterocycles. The Morgan fingerprint density at radius 3 is 2.34 bits per heavy atom. The van der Waals surface area contributed by atoms with Crippen molar-refractivity contribution >= 4 is 11.8 Å². The molecular weight excluding hydrogens is 436 g/mol. The number of amides is 2. The minimum absolute atomic E-state index is 0.120. The average Bonchev–Trinajstić information content (AvgIpc) is 2.86. The molecule has 0 unspecified atom stereocenters. The SMILES string of the molecule is Cc1cc(C)cc(CNC(=O)c2cnc(C)nc2C2CCN(C(=O)[C@H](C)c3ccccc3)CC2)c1. The number of aryl methyl sites for hydroxylation is 3. The Labute approximate surface area is 207 Å². The zero-order chi connectivity index (χ0) is 24.9. The first-order valence-corrected chi connectivity index (χ1v) is 12.3. The molecular formula is C29H34N4O2. The van der Waals surface area contributed by atoms with E-state index in [4.69, 9.17) is 0 Å². The van der Waals surface area contributed by atoms with Crippen molar-refractivity contribution in [2.24, 2.45) is 0 Å². The molecule has 1 fully saturated rings. The fourth-order valence-corrected chi connectivity index (χ4v) is 4.95. The number of nitrogens with one attached hydrogen (secondary N) is 1. The second-order valence-corrected chi connectivity index (χ2v) is 9.63. The highest BCUT2D eigenvalue weighted by atomic mass is 16.2. The van der Waals surface area contributed by atoms with Crippen LogP contribution in [-0.4, -0.2) is 39.8 Å². The van der Waals surface area contributed by atoms with Crippen LogP contribution in [0.3, 0.4) is 0 Å². The summed E-state index contributed by atoms with van der Waals surface area (Å²) in [4.78, 5) is 37.1. The molecule has 2 amide bonds. The van der Waals surface area contributed by atoms with E-state index < -0.39 is 0 Å². The van der Waals surface area contributed by atoms with Gasteiger partial charge in [-0.25, -0.2) is 9.97 Å². The quantitative estimate of drug-likeness (QED) is 0.559. The van der Waals surface area contributed by atoms with E-state index in [2.05, 4.69) is 47.3 Å². The largest absolute Gasteiger partial charge is 0.348 e. The highest BCUT2D eigenvalue weighted by Gasteiger charge is 2.30. The minimum Gasteiger partial charge on any atom is -0.348 e. The number of hydrogen-bond donors (Lipinski definition) is 1. The van der Waals surface area contributed by atoms with Gasteiger partial charge in [0.15, 0.2) is 0 Å². The Balaban J connectivity index is 1.43. The highest BCUT2D eigenvalue weighted by Crippen LogP contribution is 2.30. The third kappa shape index (κ3) is 5.94. The standard InChI is InChI=1S/C29H34N4O2/c1-19-14-20(2)16-23(15-19)17-31-28(34)26-18-30-22(4)32-27(26)25-10-12-33(13-11-25)29(35)21(3)24-8-6-5-7-9-24/h5-9,14-16,18,21,25H,10-13,17H2,1-4H3,(H,31,34)/t21-/m1/s1. The van der Waals surface area contributed by atoms with Crippen LogP contribution in [0.5, 0.6) is 0 Å². The first-order chi connectivity index (χ1) is 16.8. The number of carbonyl (C=O) groups excluding carboxylic acids is 2. The van der Waals surface area contributed by atoms with Crippen LogP contribution in [0.25, 0.3) is 0 Å². The molecule has 1 aliphatic heterocycles. The lowest BCUT2D eigenvalue weighted by molar-refractivity contribution is -0.133. The third-order valence-corrected chi connectivity index (χ3v) is 6.78. The van der Waals surface area contributed by atoms with Gasteiger partial charge in [-0.15, -0.1) is 0 Å². The molecule has 0 radical (unpaired) electrons. The molecule has 1 aliphatic rings. The zero-order valence-corrected chi connectivity index (χ0v) is 21.0. The zero-order valence-electron chi connectivity index (χ0n) is 21.0. The lowest BCUT2D eigenvalue weighted by Crippen LogP contribution is -2.40. The molecule has 4 rings (SSSR count). The molecule has 6 nitrogen and oxygen atoms in total. The molecule has 3 aromatic rings. The van der Waals surface area contributed by atoms with E-state index in [9.17, 15) is 9.59 Å². The maximum absolute atomic E-state index is 13.1. The van der Waals surface area contributed by atoms with Crippen LogP contribution >= 0.6 is 0 Å². The summed E-state index contributed by atoms with van der Waals surface area (Å²) in [6.45, 7) is 9.71. The monoisotopic (exact) mass is 470 g/mol. The summed E-state index contributed by atoms with van der Waals surface area (Å²) in [5, 5.41) is 3.05. The smallest absolute Gasteiger partial charge is 0.254 e. The van der Waals surface area contributed by atoms with Gasteiger partial charge in [-0.2, -0.15) is 0 Å². The number of carbonyl (C=O) groups is 2. The van der Waals surface area contributed by atoms with Crippen molar-refractivity contribution in [3.05, 3.63) is 94.1 Å². The van der Waals surface area contributed by atoms with Gasteiger partial charge in [0.1, 0.15) is 5.82 Å². The molecule has 2 aromatic carbocycles. The van der Waals surface area contributed by atoms with Crippen LogP contribution < -0.4 is 5.32 Å². The van der Waals surface area contributed by atoms with Crippen molar-refractivity contribution in [3.63, 3.8) is 0 Å². The Bertz CT molecular complexity index is 1180. The first-order valence-electron chi connectivity index (χ1n) is 12.3. The lowest BCUT2D eigenvalue weighted by atomic mass is 9.89. The molecule has 0 bridgehead atoms. The Kier molecular flexibility index (Phi) is 7.59. The van der Waals surface area contributed by atoms with E-state index in [1.165, 1.54) is 11.1 Å². The van der Waals surface area contributed by atoms with E-state index in [0.717, 1.165) is 29.7 Å². The van der Waals surface area contributed by atoms with Gasteiger partial charge in [-0.1, -0.05) is 59.7 Å². The van der Waals surface area contributed by atoms with E-state index in [1.54, 1.807) is 6.20 Å². The van der Waals surface area contributed by atoms with Crippen LogP contribution in [0.1, 0.15) is 75.7 Å². The molecule has 0 spiro atoms. The summed E-state index contributed by atoms with van der Waals surface area (Å²) >= 11 is 0. The summed E-state index contributed by atoms with van der Waals surface area (Å²) in [5.41, 5.74) is 5.78. The maximum Gasteiger partial charge on any atom is 0.254 e. The summed E-state index contributed by atoms with van der Waals surface area (Å²) in [5.74, 6) is 0.604. The van der Waals surface area contributed by atoms with Gasteiger partial charge < -0.3 is 10.2 Å². The second kappa shape index (κ2) is 10.8. The fraction of sp³-hybridized carbons (Fsp3) is 0.379. The molecule has 35 heavy (non-hydrogen) atoms. The predicted molar refractivity (Wildman–Crippen MR) is 137 cm³/mol. The van der Waals surface area contributed by atoms with Crippen molar-refractivity contribution in [2.45, 2.75) is 58.9 Å². The number of piperidine rings is 1. The van der Waals surface area contributed by atoms with Crippen molar-refractivity contribution in [1.29, 1.82) is 0 Å². The van der Waals surface area contributed by atoms with Gasteiger partial charge in [0.25, 0.3) is 5.91 Å². The predicted octanol–water partition coefficient (Wildman–Crippen LogP) is 4.84. The maximum atomic E-state index is 13.1. The van der Waals surface area contributed by atoms with Crippen LogP contribution in [0.2, 0.25) is 0 Å². The summed E-state index contributed by atoms with van der Waals surface area (Å²) in [6, 6.07) is 16.2. The number of benzene rings is 2. The van der Waals surface area contributed by atoms with Crippen molar-refractivity contribution in [1.82, 2.24) is 20.2 Å². The molecule has 0 saturated carbocycles. The third-order valence-electron chi connectivity index (χ3n) is 6.78. The van der Waals surface area contributed by atoms with E-state index in [-0.39, 0.29) is 23.7 Å². The van der Waals surface area contributed by atoms with Crippen LogP contribution in [0, 0.1) is 20.8 Å². The Morgan fingerprint density at radius 2 is 1.69 bits per heavy atom. The van der Waals surface area contributed by atoms with E-state index in [1.807, 2.05) is 49.1 Å². The minimum atomic E-state index is -0.166. The molecule has 1 atom stereocenters. The number of rotatable bonds is 6. The average molecular weight is 471 g/mol. The summed E-state index contributed by atoms with van der Waals surface area (Å²) < 4.78 is 0. The molecule has 182 valence electrons. The van der Waals surface area contributed by atoms with Gasteiger partial charge >= 0.3 is 0 Å². The summed E-state index contributed by atoms with van der Waals surface area (Å²) in [6.07, 6.45) is 3.20. The molecule has 1 saturated heterocycles. The van der Waals surface area contributed by atoms with Gasteiger partial charge in [0, 0.05) is 31.7 Å². The van der Waals surface area contributed by atoms with Gasteiger partial charge in [-0.3, -0.25) is 9.59 Å². The van der Waals surface area contributed by atoms with Crippen molar-refractivity contribution < 1.29 is 9.59 Å². The van der Waals surface area contributed by atoms with E-state index in [0.29, 0.717) is 31.0 Å². The highest BCUT2D eigenvalue weighted by molar-refractivity contribution is 5.95. The number of hydrogen-bond acceptors (Lipinski definition) is 4. The molecule has 1 N–H and O–H groups in total. The molecule has 0 aliphatic carbocycles. The Hall–Kier alpha value is -3.54. The number of nitrogens with zero attached hydrogens (tertiary/aromatic N) is 3. The van der Waals surface area contributed by atoms with Crippen LogP contribution in [0.15, 0.2) is 54.7 Å². The first kappa shape index (κ1) is 24.6. The van der Waals surface area contributed by atoms with Gasteiger partial charge in [0.2, 0.25) is 5.91 Å². The topological polar surface area (TPSA) is 75.2 Å². The number of aromatic nitrogens is 2. The van der Waals surface area contributed by atoms with Crippen LogP contribution in [-0.2, 0) is 11.3 Å². The van der Waals surface area contributed by atoms with Crippen molar-refractivity contribution in [2.75, 3.05) is 13.1 Å². The normalized spacial score (nSPS) is 15.0. The Morgan fingerprint density at radius 1 is 1.03 bits per heavy atom. The number of likely N-dealkylation sites (tertiary alicyclic amines) is 1. The fourth-order valence-electron chi connectivity index (χ4n) is 4.95. The van der Waals surface area contributed by atoms with Crippen LogP contribution in [0.4, 0.5) is 0 Å². The molecule has 6 heteroatoms. The van der Waals surface area contributed by atoms with E-state index >= 15 is 0 Å².